The van der Waals surface area contributed by atoms with Gasteiger partial charge in [-0.1, -0.05) is 0 Å². The number of nitrogens with zero attached hydrogens (tertiary/aromatic N) is 4. The first-order chi connectivity index (χ1) is 11.6. The summed E-state index contributed by atoms with van der Waals surface area (Å²) < 4.78 is 6.89. The van der Waals surface area contributed by atoms with Gasteiger partial charge in [0.2, 0.25) is 5.88 Å². The quantitative estimate of drug-likeness (QED) is 0.797. The van der Waals surface area contributed by atoms with Crippen molar-refractivity contribution in [2.75, 3.05) is 12.4 Å². The summed E-state index contributed by atoms with van der Waals surface area (Å²) in [4.78, 5) is 21.2. The summed E-state index contributed by atoms with van der Waals surface area (Å²) in [6.07, 6.45) is 5.21. The number of amides is 1. The Morgan fingerprint density at radius 1 is 1.29 bits per heavy atom. The molecule has 1 amide bonds. The Hall–Kier alpha value is -3.22. The number of nitrogens with one attached hydrogen (secondary N) is 1. The van der Waals surface area contributed by atoms with Crippen LogP contribution in [0, 0.1) is 6.92 Å². The maximum atomic E-state index is 12.6. The zero-order valence-corrected chi connectivity index (χ0v) is 13.6. The molecule has 0 saturated carbocycles. The molecule has 3 aromatic rings. The van der Waals surface area contributed by atoms with Crippen molar-refractivity contribution >= 4 is 11.6 Å². The van der Waals surface area contributed by atoms with Crippen LogP contribution in [0.25, 0.3) is 11.3 Å². The van der Waals surface area contributed by atoms with Crippen molar-refractivity contribution in [2.45, 2.75) is 6.92 Å². The SMILES string of the molecule is COc1nc(C)ccc1C(=O)Nc1cccnc1-c1cnn(C)c1. The van der Waals surface area contributed by atoms with Crippen LogP contribution in [0.5, 0.6) is 5.88 Å². The third kappa shape index (κ3) is 3.10. The zero-order valence-electron chi connectivity index (χ0n) is 13.6. The maximum Gasteiger partial charge on any atom is 0.261 e. The standard InChI is InChI=1S/C17H17N5O2/c1-11-6-7-13(17(20-11)24-3)16(23)21-14-5-4-8-18-15(14)12-9-19-22(2)10-12/h4-10H,1-3H3,(H,21,23). The summed E-state index contributed by atoms with van der Waals surface area (Å²) in [7, 11) is 3.32. The van der Waals surface area contributed by atoms with Crippen molar-refractivity contribution < 1.29 is 9.53 Å². The van der Waals surface area contributed by atoms with Gasteiger partial charge in [-0.3, -0.25) is 14.5 Å². The van der Waals surface area contributed by atoms with Gasteiger partial charge in [0.15, 0.2) is 0 Å². The normalized spacial score (nSPS) is 10.5. The topological polar surface area (TPSA) is 81.9 Å². The lowest BCUT2D eigenvalue weighted by Gasteiger charge is -2.11. The Labute approximate surface area is 139 Å². The molecule has 122 valence electrons. The average molecular weight is 323 g/mol. The summed E-state index contributed by atoms with van der Waals surface area (Å²) >= 11 is 0. The molecule has 7 heteroatoms. The van der Waals surface area contributed by atoms with Crippen molar-refractivity contribution in [1.82, 2.24) is 19.7 Å². The molecule has 0 fully saturated rings. The predicted octanol–water partition coefficient (Wildman–Crippen LogP) is 2.45. The zero-order chi connectivity index (χ0) is 17.1. The summed E-state index contributed by atoms with van der Waals surface area (Å²) in [5.41, 5.74) is 3.21. The highest BCUT2D eigenvalue weighted by Gasteiger charge is 2.16. The number of rotatable bonds is 4. The number of hydrogen-bond donors (Lipinski definition) is 1. The fourth-order valence-corrected chi connectivity index (χ4v) is 2.33. The molecule has 0 aromatic carbocycles. The van der Waals surface area contributed by atoms with Gasteiger partial charge in [0.1, 0.15) is 5.56 Å². The number of methoxy groups -OCH3 is 1. The van der Waals surface area contributed by atoms with E-state index >= 15 is 0 Å². The molecule has 7 nitrogen and oxygen atoms in total. The van der Waals surface area contributed by atoms with Gasteiger partial charge in [-0.25, -0.2) is 4.98 Å². The molecule has 0 bridgehead atoms. The molecular formula is C17H17N5O2. The van der Waals surface area contributed by atoms with E-state index < -0.39 is 0 Å². The molecule has 1 N–H and O–H groups in total. The summed E-state index contributed by atoms with van der Waals surface area (Å²) in [6.45, 7) is 1.84. The number of ether oxygens (including phenoxy) is 1. The van der Waals surface area contributed by atoms with Crippen LogP contribution < -0.4 is 10.1 Å². The van der Waals surface area contributed by atoms with Gasteiger partial charge >= 0.3 is 0 Å². The van der Waals surface area contributed by atoms with Gasteiger partial charge in [-0.2, -0.15) is 5.10 Å². The number of anilines is 1. The van der Waals surface area contributed by atoms with Gasteiger partial charge in [0.05, 0.1) is 24.7 Å². The van der Waals surface area contributed by atoms with E-state index in [1.807, 2.05) is 20.2 Å². The van der Waals surface area contributed by atoms with Gasteiger partial charge in [0.25, 0.3) is 5.91 Å². The lowest BCUT2D eigenvalue weighted by Crippen LogP contribution is -2.15. The second-order valence-corrected chi connectivity index (χ2v) is 5.27. The smallest absolute Gasteiger partial charge is 0.261 e. The van der Waals surface area contributed by atoms with Crippen LogP contribution in [0.3, 0.4) is 0 Å². The van der Waals surface area contributed by atoms with Gasteiger partial charge in [-0.15, -0.1) is 0 Å². The van der Waals surface area contributed by atoms with Crippen LogP contribution in [-0.4, -0.2) is 32.8 Å². The highest BCUT2D eigenvalue weighted by atomic mass is 16.5. The summed E-state index contributed by atoms with van der Waals surface area (Å²) in [5.74, 6) is -0.0168. The minimum Gasteiger partial charge on any atom is -0.480 e. The minimum atomic E-state index is -0.308. The average Bonchev–Trinajstić information content (AvgIpc) is 3.01. The van der Waals surface area contributed by atoms with E-state index in [0.717, 1.165) is 11.3 Å². The van der Waals surface area contributed by atoms with Crippen LogP contribution in [0.15, 0.2) is 42.9 Å². The number of carbonyl (C=O) groups is 1. The fourth-order valence-electron chi connectivity index (χ4n) is 2.33. The van der Waals surface area contributed by atoms with E-state index in [4.69, 9.17) is 4.74 Å². The highest BCUT2D eigenvalue weighted by molar-refractivity contribution is 6.07. The van der Waals surface area contributed by atoms with Gasteiger partial charge in [0, 0.05) is 30.7 Å². The van der Waals surface area contributed by atoms with E-state index in [1.165, 1.54) is 7.11 Å². The largest absolute Gasteiger partial charge is 0.480 e. The fraction of sp³-hybridized carbons (Fsp3) is 0.176. The molecule has 0 unspecified atom stereocenters. The van der Waals surface area contributed by atoms with Crippen LogP contribution >= 0.6 is 0 Å². The number of hydrogen-bond acceptors (Lipinski definition) is 5. The van der Waals surface area contributed by atoms with Crippen molar-refractivity contribution in [1.29, 1.82) is 0 Å². The van der Waals surface area contributed by atoms with Crippen molar-refractivity contribution in [3.05, 3.63) is 54.1 Å². The van der Waals surface area contributed by atoms with E-state index in [1.54, 1.807) is 41.3 Å². The lowest BCUT2D eigenvalue weighted by molar-refractivity contribution is 0.102. The number of aromatic nitrogens is 4. The predicted molar refractivity (Wildman–Crippen MR) is 89.9 cm³/mol. The van der Waals surface area contributed by atoms with Crippen LogP contribution in [-0.2, 0) is 7.05 Å². The van der Waals surface area contributed by atoms with E-state index in [9.17, 15) is 4.79 Å². The Balaban J connectivity index is 1.93. The molecule has 0 radical (unpaired) electrons. The first kappa shape index (κ1) is 15.7. The Bertz CT molecular complexity index is 888. The first-order valence-electron chi connectivity index (χ1n) is 7.35. The summed E-state index contributed by atoms with van der Waals surface area (Å²) in [5, 5.41) is 7.01. The Kier molecular flexibility index (Phi) is 4.24. The van der Waals surface area contributed by atoms with Gasteiger partial charge in [-0.05, 0) is 31.2 Å². The maximum absolute atomic E-state index is 12.6. The van der Waals surface area contributed by atoms with Gasteiger partial charge < -0.3 is 10.1 Å². The minimum absolute atomic E-state index is 0.291. The highest BCUT2D eigenvalue weighted by Crippen LogP contribution is 2.26. The molecule has 3 heterocycles. The Morgan fingerprint density at radius 3 is 2.83 bits per heavy atom. The molecule has 24 heavy (non-hydrogen) atoms. The lowest BCUT2D eigenvalue weighted by atomic mass is 10.1. The first-order valence-corrected chi connectivity index (χ1v) is 7.35. The van der Waals surface area contributed by atoms with E-state index in [-0.39, 0.29) is 5.91 Å². The Morgan fingerprint density at radius 2 is 2.12 bits per heavy atom. The molecule has 3 aromatic heterocycles. The van der Waals surface area contributed by atoms with E-state index in [2.05, 4.69) is 20.4 Å². The third-order valence-electron chi connectivity index (χ3n) is 3.47. The summed E-state index contributed by atoms with van der Waals surface area (Å²) in [6, 6.07) is 7.01. The molecule has 0 atom stereocenters. The number of carbonyl (C=O) groups excluding carboxylic acids is 1. The second-order valence-electron chi connectivity index (χ2n) is 5.27. The van der Waals surface area contributed by atoms with Crippen molar-refractivity contribution in [3.8, 4) is 17.1 Å². The van der Waals surface area contributed by atoms with Crippen molar-refractivity contribution in [3.63, 3.8) is 0 Å². The molecule has 0 aliphatic heterocycles. The molecule has 0 saturated heterocycles. The molecule has 0 spiro atoms. The molecule has 0 aliphatic rings. The van der Waals surface area contributed by atoms with Crippen molar-refractivity contribution in [2.24, 2.45) is 7.05 Å². The van der Waals surface area contributed by atoms with Crippen LogP contribution in [0.4, 0.5) is 5.69 Å². The van der Waals surface area contributed by atoms with Crippen LogP contribution in [0.2, 0.25) is 0 Å². The monoisotopic (exact) mass is 323 g/mol. The number of pyridine rings is 2. The molecular weight excluding hydrogens is 306 g/mol. The third-order valence-corrected chi connectivity index (χ3v) is 3.47. The number of aryl methyl sites for hydroxylation is 2. The molecule has 0 aliphatic carbocycles. The van der Waals surface area contributed by atoms with Crippen LogP contribution in [0.1, 0.15) is 16.1 Å². The second kappa shape index (κ2) is 6.49. The van der Waals surface area contributed by atoms with E-state index in [0.29, 0.717) is 22.8 Å². The molecule has 3 rings (SSSR count).